The molecule has 1 aromatic carbocycles. The minimum atomic E-state index is -2.70. The number of pyridine rings is 1. The number of halogens is 3. The number of aromatic nitrogens is 5. The van der Waals surface area contributed by atoms with Gasteiger partial charge in [-0.05, 0) is 31.2 Å². The van der Waals surface area contributed by atoms with Crippen molar-refractivity contribution in [2.45, 2.75) is 32.2 Å². The average molecular weight is 541 g/mol. The molecule has 1 saturated heterocycles. The van der Waals surface area contributed by atoms with E-state index in [0.29, 0.717) is 29.0 Å². The Kier molecular flexibility index (Phi) is 6.87. The smallest absolute Gasteiger partial charge is 0.254 e. The lowest BCUT2D eigenvalue weighted by atomic mass is 9.96. The van der Waals surface area contributed by atoms with Crippen LogP contribution >= 0.6 is 11.6 Å². The third-order valence-electron chi connectivity index (χ3n) is 6.80. The van der Waals surface area contributed by atoms with E-state index >= 15 is 0 Å². The zero-order chi connectivity index (χ0) is 27.0. The SMILES string of the molecule is CC(Nc1cc(=O)n(C)c2ccc(Nc3nc(N4CCC(F)(F)C(C)C4)ncc3Cl)cc12)c1ncccn1. The summed E-state index contributed by atoms with van der Waals surface area (Å²) in [6, 6.07) is 8.56. The van der Waals surface area contributed by atoms with Gasteiger partial charge in [0, 0.05) is 67.7 Å². The van der Waals surface area contributed by atoms with Crippen LogP contribution in [0.5, 0.6) is 0 Å². The Labute approximate surface area is 222 Å². The quantitative estimate of drug-likeness (QED) is 0.345. The lowest BCUT2D eigenvalue weighted by Crippen LogP contribution is -2.46. The second-order valence-electron chi connectivity index (χ2n) is 9.51. The molecule has 1 fully saturated rings. The fourth-order valence-electron chi connectivity index (χ4n) is 4.49. The van der Waals surface area contributed by atoms with Gasteiger partial charge in [-0.2, -0.15) is 4.98 Å². The van der Waals surface area contributed by atoms with Crippen LogP contribution in [0.15, 0.2) is 53.7 Å². The molecule has 2 atom stereocenters. The molecule has 0 saturated carbocycles. The Bertz CT molecular complexity index is 1530. The molecule has 2 N–H and O–H groups in total. The highest BCUT2D eigenvalue weighted by atomic mass is 35.5. The number of fused-ring (bicyclic) bond motifs is 1. The van der Waals surface area contributed by atoms with E-state index in [1.54, 1.807) is 35.0 Å². The van der Waals surface area contributed by atoms with Crippen molar-refractivity contribution in [3.05, 3.63) is 70.1 Å². The van der Waals surface area contributed by atoms with Crippen LogP contribution in [-0.4, -0.2) is 43.5 Å². The first kappa shape index (κ1) is 25.8. The first-order chi connectivity index (χ1) is 18.1. The van der Waals surface area contributed by atoms with Crippen molar-refractivity contribution < 1.29 is 8.78 Å². The summed E-state index contributed by atoms with van der Waals surface area (Å²) in [5.74, 6) is -2.23. The Balaban J connectivity index is 1.46. The van der Waals surface area contributed by atoms with Gasteiger partial charge in [-0.3, -0.25) is 4.79 Å². The maximum atomic E-state index is 14.0. The van der Waals surface area contributed by atoms with Crippen LogP contribution in [0.25, 0.3) is 10.9 Å². The largest absolute Gasteiger partial charge is 0.375 e. The number of rotatable bonds is 6. The van der Waals surface area contributed by atoms with Gasteiger partial charge in [0.1, 0.15) is 10.8 Å². The third kappa shape index (κ3) is 5.10. The van der Waals surface area contributed by atoms with Crippen molar-refractivity contribution in [1.29, 1.82) is 0 Å². The van der Waals surface area contributed by atoms with Gasteiger partial charge in [0.2, 0.25) is 5.95 Å². The summed E-state index contributed by atoms with van der Waals surface area (Å²) in [7, 11) is 1.71. The highest BCUT2D eigenvalue weighted by Crippen LogP contribution is 2.35. The van der Waals surface area contributed by atoms with Gasteiger partial charge >= 0.3 is 0 Å². The third-order valence-corrected chi connectivity index (χ3v) is 7.08. The molecular weight excluding hydrogens is 514 g/mol. The number of nitrogens with one attached hydrogen (secondary N) is 2. The minimum absolute atomic E-state index is 0.149. The fraction of sp³-hybridized carbons (Fsp3) is 0.346. The molecule has 12 heteroatoms. The fourth-order valence-corrected chi connectivity index (χ4v) is 4.63. The molecule has 9 nitrogen and oxygen atoms in total. The Morgan fingerprint density at radius 1 is 1.18 bits per heavy atom. The number of aryl methyl sites for hydroxylation is 1. The van der Waals surface area contributed by atoms with Crippen LogP contribution in [0.2, 0.25) is 5.02 Å². The molecule has 0 radical (unpaired) electrons. The molecule has 1 aliphatic rings. The number of benzene rings is 1. The van der Waals surface area contributed by atoms with Crippen molar-refractivity contribution in [3.8, 4) is 0 Å². The molecule has 4 heterocycles. The van der Waals surface area contributed by atoms with Crippen LogP contribution in [-0.2, 0) is 7.05 Å². The average Bonchev–Trinajstić information content (AvgIpc) is 2.90. The predicted octanol–water partition coefficient (Wildman–Crippen LogP) is 5.17. The van der Waals surface area contributed by atoms with E-state index in [0.717, 1.165) is 10.9 Å². The van der Waals surface area contributed by atoms with E-state index in [2.05, 4.69) is 30.6 Å². The number of hydrogen-bond acceptors (Lipinski definition) is 8. The number of anilines is 4. The molecular formula is C26H27ClF2N8O. The van der Waals surface area contributed by atoms with Gasteiger partial charge in [-0.15, -0.1) is 0 Å². The molecule has 0 bridgehead atoms. The van der Waals surface area contributed by atoms with Gasteiger partial charge in [-0.25, -0.2) is 23.7 Å². The summed E-state index contributed by atoms with van der Waals surface area (Å²) in [5.41, 5.74) is 1.87. The molecule has 1 aliphatic heterocycles. The second kappa shape index (κ2) is 10.1. The zero-order valence-corrected chi connectivity index (χ0v) is 21.9. The Morgan fingerprint density at radius 2 is 1.95 bits per heavy atom. The van der Waals surface area contributed by atoms with E-state index < -0.39 is 11.8 Å². The van der Waals surface area contributed by atoms with E-state index in [4.69, 9.17) is 11.6 Å². The van der Waals surface area contributed by atoms with Crippen LogP contribution in [0.3, 0.4) is 0 Å². The molecule has 0 amide bonds. The van der Waals surface area contributed by atoms with Gasteiger partial charge in [0.05, 0.1) is 17.8 Å². The molecule has 0 spiro atoms. The normalized spacial score (nSPS) is 17.8. The van der Waals surface area contributed by atoms with E-state index in [1.165, 1.54) is 19.2 Å². The maximum Gasteiger partial charge on any atom is 0.254 e. The molecule has 5 rings (SSSR count). The zero-order valence-electron chi connectivity index (χ0n) is 21.1. The minimum Gasteiger partial charge on any atom is -0.375 e. The summed E-state index contributed by atoms with van der Waals surface area (Å²) >= 11 is 6.39. The van der Waals surface area contributed by atoms with Gasteiger partial charge in [0.25, 0.3) is 11.5 Å². The first-order valence-electron chi connectivity index (χ1n) is 12.2. The summed E-state index contributed by atoms with van der Waals surface area (Å²) < 4.78 is 29.5. The number of nitrogens with zero attached hydrogens (tertiary/aromatic N) is 6. The molecule has 4 aromatic rings. The Hall–Kier alpha value is -3.86. The van der Waals surface area contributed by atoms with Crippen molar-refractivity contribution >= 4 is 45.6 Å². The van der Waals surface area contributed by atoms with E-state index in [-0.39, 0.29) is 36.1 Å². The number of piperidine rings is 1. The van der Waals surface area contributed by atoms with Gasteiger partial charge in [-0.1, -0.05) is 18.5 Å². The van der Waals surface area contributed by atoms with Crippen molar-refractivity contribution in [1.82, 2.24) is 24.5 Å². The van der Waals surface area contributed by atoms with Crippen molar-refractivity contribution in [3.63, 3.8) is 0 Å². The summed E-state index contributed by atoms with van der Waals surface area (Å²) in [6.45, 7) is 3.75. The van der Waals surface area contributed by atoms with Crippen LogP contribution in [0.1, 0.15) is 32.1 Å². The predicted molar refractivity (Wildman–Crippen MR) is 145 cm³/mol. The van der Waals surface area contributed by atoms with Crippen molar-refractivity contribution in [2.24, 2.45) is 13.0 Å². The molecule has 3 aromatic heterocycles. The van der Waals surface area contributed by atoms with Crippen molar-refractivity contribution in [2.75, 3.05) is 28.6 Å². The highest BCUT2D eigenvalue weighted by Gasteiger charge is 2.41. The van der Waals surface area contributed by atoms with E-state index in [1.807, 2.05) is 25.1 Å². The lowest BCUT2D eigenvalue weighted by Gasteiger charge is -2.36. The highest BCUT2D eigenvalue weighted by molar-refractivity contribution is 6.32. The van der Waals surface area contributed by atoms with Crippen LogP contribution in [0.4, 0.5) is 31.9 Å². The number of hydrogen-bond donors (Lipinski definition) is 2. The summed E-state index contributed by atoms with van der Waals surface area (Å²) in [6.07, 6.45) is 4.54. The van der Waals surface area contributed by atoms with Crippen LogP contribution < -0.4 is 21.1 Å². The van der Waals surface area contributed by atoms with Gasteiger partial charge in [0.15, 0.2) is 5.82 Å². The summed E-state index contributed by atoms with van der Waals surface area (Å²) in [5, 5.41) is 7.65. The van der Waals surface area contributed by atoms with E-state index in [9.17, 15) is 13.6 Å². The standard InChI is InChI=1S/C26H27ClF2N8O/c1-15-14-37(10-7-26(15,28)29)25-32-13-19(27)24(35-25)34-17-5-6-21-18(11-17)20(12-22(38)36(21)3)33-16(2)23-30-8-4-9-31-23/h4-6,8-9,11-13,15-16,33H,7,10,14H2,1-3H3,(H,32,34,35). The first-order valence-corrected chi connectivity index (χ1v) is 12.6. The molecule has 38 heavy (non-hydrogen) atoms. The Morgan fingerprint density at radius 3 is 2.68 bits per heavy atom. The topological polar surface area (TPSA) is 101 Å². The maximum absolute atomic E-state index is 14.0. The summed E-state index contributed by atoms with van der Waals surface area (Å²) in [4.78, 5) is 31.8. The molecule has 198 valence electrons. The van der Waals surface area contributed by atoms with Gasteiger partial charge < -0.3 is 20.1 Å². The monoisotopic (exact) mass is 540 g/mol. The molecule has 2 unspecified atom stereocenters. The molecule has 0 aliphatic carbocycles. The van der Waals surface area contributed by atoms with Crippen LogP contribution in [0, 0.1) is 5.92 Å². The second-order valence-corrected chi connectivity index (χ2v) is 9.92. The lowest BCUT2D eigenvalue weighted by molar-refractivity contribution is -0.0653. The number of alkyl halides is 2.